The summed E-state index contributed by atoms with van der Waals surface area (Å²) in [4.78, 5) is 0. The molecule has 1 atom stereocenters. The van der Waals surface area contributed by atoms with Crippen LogP contribution in [0.3, 0.4) is 0 Å². The average molecular weight is 287 g/mol. The molecule has 0 aromatic heterocycles. The summed E-state index contributed by atoms with van der Waals surface area (Å²) in [5.74, 6) is 2.20. The minimum atomic E-state index is 0.461. The highest BCUT2D eigenvalue weighted by molar-refractivity contribution is 5.33. The van der Waals surface area contributed by atoms with Crippen LogP contribution in [0.1, 0.15) is 69.1 Å². The molecular weight excluding hydrogens is 254 g/mol. The first-order chi connectivity index (χ1) is 9.82. The van der Waals surface area contributed by atoms with Crippen LogP contribution in [-0.2, 0) is 0 Å². The van der Waals surface area contributed by atoms with Gasteiger partial charge in [0.2, 0.25) is 0 Å². The van der Waals surface area contributed by atoms with Gasteiger partial charge in [-0.1, -0.05) is 44.5 Å². The highest BCUT2D eigenvalue weighted by Crippen LogP contribution is 2.44. The third-order valence-corrected chi connectivity index (χ3v) is 5.64. The van der Waals surface area contributed by atoms with Crippen LogP contribution < -0.4 is 5.73 Å². The Kier molecular flexibility index (Phi) is 5.14. The van der Waals surface area contributed by atoms with Crippen LogP contribution in [-0.4, -0.2) is 6.54 Å². The van der Waals surface area contributed by atoms with Crippen LogP contribution in [0.2, 0.25) is 0 Å². The summed E-state index contributed by atoms with van der Waals surface area (Å²) in [5, 5.41) is 0. The molecular formula is C20H33N. The maximum absolute atomic E-state index is 6.16. The van der Waals surface area contributed by atoms with Crippen LogP contribution in [0.25, 0.3) is 0 Å². The zero-order chi connectivity index (χ0) is 15.6. The molecule has 0 aliphatic heterocycles. The lowest BCUT2D eigenvalue weighted by Crippen LogP contribution is -2.30. The number of benzene rings is 1. The van der Waals surface area contributed by atoms with Crippen LogP contribution in [0.15, 0.2) is 18.2 Å². The van der Waals surface area contributed by atoms with Crippen molar-refractivity contribution in [1.82, 2.24) is 0 Å². The second-order valence-electron chi connectivity index (χ2n) is 8.18. The fourth-order valence-electron chi connectivity index (χ4n) is 4.20. The number of aryl methyl sites for hydroxylation is 2. The first kappa shape index (κ1) is 16.5. The fraction of sp³-hybridized carbons (Fsp3) is 0.700. The summed E-state index contributed by atoms with van der Waals surface area (Å²) in [7, 11) is 0. The van der Waals surface area contributed by atoms with E-state index in [0.29, 0.717) is 11.3 Å². The molecule has 1 saturated carbocycles. The van der Waals surface area contributed by atoms with Gasteiger partial charge in [-0.2, -0.15) is 0 Å². The SMILES string of the molecule is Cc1ccc(C(CN)C2CCC(C(C)(C)C)CC2)c(C)c1. The van der Waals surface area contributed by atoms with E-state index in [2.05, 4.69) is 52.8 Å². The minimum absolute atomic E-state index is 0.461. The normalized spacial score (nSPS) is 24.9. The minimum Gasteiger partial charge on any atom is -0.330 e. The van der Waals surface area contributed by atoms with E-state index in [1.165, 1.54) is 42.4 Å². The van der Waals surface area contributed by atoms with Gasteiger partial charge in [0.25, 0.3) is 0 Å². The first-order valence-electron chi connectivity index (χ1n) is 8.60. The number of hydrogen-bond donors (Lipinski definition) is 1. The summed E-state index contributed by atoms with van der Waals surface area (Å²) in [5.41, 5.74) is 10.9. The Morgan fingerprint density at radius 1 is 1.10 bits per heavy atom. The Hall–Kier alpha value is -0.820. The first-order valence-corrected chi connectivity index (χ1v) is 8.60. The van der Waals surface area contributed by atoms with Gasteiger partial charge in [0.05, 0.1) is 0 Å². The van der Waals surface area contributed by atoms with Gasteiger partial charge in [-0.25, -0.2) is 0 Å². The molecule has 2 N–H and O–H groups in total. The number of nitrogens with two attached hydrogens (primary N) is 1. The Labute approximate surface area is 131 Å². The van der Waals surface area contributed by atoms with Gasteiger partial charge >= 0.3 is 0 Å². The largest absolute Gasteiger partial charge is 0.330 e. The molecule has 118 valence electrons. The highest BCUT2D eigenvalue weighted by atomic mass is 14.6. The highest BCUT2D eigenvalue weighted by Gasteiger charge is 2.33. The van der Waals surface area contributed by atoms with Crippen molar-refractivity contribution in [3.05, 3.63) is 34.9 Å². The van der Waals surface area contributed by atoms with E-state index >= 15 is 0 Å². The molecule has 0 bridgehead atoms. The lowest BCUT2D eigenvalue weighted by Gasteiger charge is -2.39. The number of hydrogen-bond acceptors (Lipinski definition) is 1. The van der Waals surface area contributed by atoms with Gasteiger partial charge in [-0.15, -0.1) is 0 Å². The predicted molar refractivity (Wildman–Crippen MR) is 92.6 cm³/mol. The van der Waals surface area contributed by atoms with Gasteiger partial charge in [-0.3, -0.25) is 0 Å². The number of rotatable bonds is 3. The molecule has 1 aromatic rings. The van der Waals surface area contributed by atoms with Crippen molar-refractivity contribution in [3.8, 4) is 0 Å². The maximum Gasteiger partial charge on any atom is -0.000546 e. The third-order valence-electron chi connectivity index (χ3n) is 5.64. The second kappa shape index (κ2) is 6.52. The maximum atomic E-state index is 6.16. The second-order valence-corrected chi connectivity index (χ2v) is 8.18. The Morgan fingerprint density at radius 2 is 1.71 bits per heavy atom. The molecule has 0 radical (unpaired) electrons. The molecule has 1 heteroatoms. The molecule has 0 spiro atoms. The Bertz CT molecular complexity index is 461. The molecule has 21 heavy (non-hydrogen) atoms. The van der Waals surface area contributed by atoms with Crippen molar-refractivity contribution in [2.45, 2.75) is 66.2 Å². The monoisotopic (exact) mass is 287 g/mol. The zero-order valence-corrected chi connectivity index (χ0v) is 14.6. The lowest BCUT2D eigenvalue weighted by atomic mass is 9.66. The van der Waals surface area contributed by atoms with E-state index in [1.807, 2.05) is 0 Å². The molecule has 2 rings (SSSR count). The molecule has 1 aromatic carbocycles. The molecule has 1 nitrogen and oxygen atoms in total. The predicted octanol–water partition coefficient (Wildman–Crippen LogP) is 5.20. The van der Waals surface area contributed by atoms with E-state index < -0.39 is 0 Å². The van der Waals surface area contributed by atoms with Crippen molar-refractivity contribution in [2.75, 3.05) is 6.54 Å². The van der Waals surface area contributed by atoms with Crippen molar-refractivity contribution in [1.29, 1.82) is 0 Å². The standard InChI is InChI=1S/C20H33N/c1-14-6-11-18(15(2)12-14)19(13-21)16-7-9-17(10-8-16)20(3,4)5/h6,11-12,16-17,19H,7-10,13,21H2,1-5H3. The van der Waals surface area contributed by atoms with E-state index in [-0.39, 0.29) is 0 Å². The molecule has 0 heterocycles. The van der Waals surface area contributed by atoms with Gasteiger partial charge in [0, 0.05) is 0 Å². The van der Waals surface area contributed by atoms with E-state index in [4.69, 9.17) is 5.73 Å². The molecule has 1 fully saturated rings. The average Bonchev–Trinajstić information content (AvgIpc) is 2.41. The molecule has 1 aliphatic rings. The smallest absolute Gasteiger partial charge is 0.000546 e. The summed E-state index contributed by atoms with van der Waals surface area (Å²) < 4.78 is 0. The molecule has 1 aliphatic carbocycles. The fourth-order valence-corrected chi connectivity index (χ4v) is 4.20. The van der Waals surface area contributed by atoms with Crippen molar-refractivity contribution < 1.29 is 0 Å². The zero-order valence-electron chi connectivity index (χ0n) is 14.6. The quantitative estimate of drug-likeness (QED) is 0.812. The lowest BCUT2D eigenvalue weighted by molar-refractivity contribution is 0.140. The van der Waals surface area contributed by atoms with Crippen molar-refractivity contribution >= 4 is 0 Å². The van der Waals surface area contributed by atoms with Gasteiger partial charge in [0.1, 0.15) is 0 Å². The van der Waals surface area contributed by atoms with Crippen LogP contribution >= 0.6 is 0 Å². The van der Waals surface area contributed by atoms with E-state index in [9.17, 15) is 0 Å². The van der Waals surface area contributed by atoms with Crippen LogP contribution in [0, 0.1) is 31.1 Å². The Balaban J connectivity index is 2.09. The van der Waals surface area contributed by atoms with Gasteiger partial charge in [-0.05, 0) is 80.4 Å². The molecule has 0 saturated heterocycles. The summed E-state index contributed by atoms with van der Waals surface area (Å²) in [6.07, 6.45) is 5.43. The van der Waals surface area contributed by atoms with E-state index in [1.54, 1.807) is 0 Å². The van der Waals surface area contributed by atoms with Crippen molar-refractivity contribution in [2.24, 2.45) is 23.0 Å². The van der Waals surface area contributed by atoms with E-state index in [0.717, 1.165) is 18.4 Å². The summed E-state index contributed by atoms with van der Waals surface area (Å²) in [6.45, 7) is 12.4. The van der Waals surface area contributed by atoms with Gasteiger partial charge < -0.3 is 5.73 Å². The van der Waals surface area contributed by atoms with Gasteiger partial charge in [0.15, 0.2) is 0 Å². The molecule has 1 unspecified atom stereocenters. The third kappa shape index (κ3) is 3.88. The van der Waals surface area contributed by atoms with Crippen molar-refractivity contribution in [3.63, 3.8) is 0 Å². The molecule has 0 amide bonds. The van der Waals surface area contributed by atoms with Crippen LogP contribution in [0.4, 0.5) is 0 Å². The summed E-state index contributed by atoms with van der Waals surface area (Å²) >= 11 is 0. The Morgan fingerprint density at radius 3 is 2.19 bits per heavy atom. The summed E-state index contributed by atoms with van der Waals surface area (Å²) in [6, 6.07) is 6.86. The topological polar surface area (TPSA) is 26.0 Å². The van der Waals surface area contributed by atoms with Crippen LogP contribution in [0.5, 0.6) is 0 Å².